The zero-order chi connectivity index (χ0) is 11.3. The summed E-state index contributed by atoms with van der Waals surface area (Å²) in [5.41, 5.74) is 0.785. The lowest BCUT2D eigenvalue weighted by Gasteiger charge is -2.36. The lowest BCUT2D eigenvalue weighted by atomic mass is 9.95. The molecule has 4 rings (SSSR count). The van der Waals surface area contributed by atoms with Gasteiger partial charge in [-0.2, -0.15) is 0 Å². The molecular weight excluding hydrogens is 208 g/mol. The van der Waals surface area contributed by atoms with Crippen LogP contribution in [0.4, 0.5) is 0 Å². The van der Waals surface area contributed by atoms with Crippen LogP contribution in [0.5, 0.6) is 0 Å². The normalized spacial score (nSPS) is 40.2. The highest BCUT2D eigenvalue weighted by molar-refractivity contribution is 5.05. The molecule has 2 nitrogen and oxygen atoms in total. The fraction of sp³-hybridized carbons (Fsp3) is 1.00. The van der Waals surface area contributed by atoms with E-state index in [1.807, 2.05) is 0 Å². The maximum Gasteiger partial charge on any atom is 0.0111 e. The van der Waals surface area contributed by atoms with Gasteiger partial charge >= 0.3 is 0 Å². The molecular formula is C15H26N2. The summed E-state index contributed by atoms with van der Waals surface area (Å²) in [7, 11) is 0. The minimum atomic E-state index is 0.785. The van der Waals surface area contributed by atoms with Crippen molar-refractivity contribution >= 4 is 0 Å². The highest BCUT2D eigenvalue weighted by atomic mass is 15.2. The topological polar surface area (TPSA) is 15.3 Å². The van der Waals surface area contributed by atoms with Crippen molar-refractivity contribution in [3.8, 4) is 0 Å². The predicted molar refractivity (Wildman–Crippen MR) is 70.0 cm³/mol. The maximum absolute atomic E-state index is 3.93. The molecule has 2 heterocycles. The molecule has 2 saturated carbocycles. The molecule has 2 saturated heterocycles. The molecule has 2 heteroatoms. The van der Waals surface area contributed by atoms with E-state index in [1.165, 1.54) is 71.0 Å². The summed E-state index contributed by atoms with van der Waals surface area (Å²) in [4.78, 5) is 2.73. The first-order valence-electron chi connectivity index (χ1n) is 7.83. The second-order valence-corrected chi connectivity index (χ2v) is 7.07. The first kappa shape index (κ1) is 10.8. The van der Waals surface area contributed by atoms with Gasteiger partial charge < -0.3 is 10.2 Å². The van der Waals surface area contributed by atoms with E-state index >= 15 is 0 Å². The average molecular weight is 234 g/mol. The molecule has 2 unspecified atom stereocenters. The van der Waals surface area contributed by atoms with Crippen LogP contribution in [-0.4, -0.2) is 36.6 Å². The summed E-state index contributed by atoms with van der Waals surface area (Å²) >= 11 is 0. The van der Waals surface area contributed by atoms with Crippen LogP contribution in [0, 0.1) is 11.3 Å². The fourth-order valence-corrected chi connectivity index (χ4v) is 4.34. The second-order valence-electron chi connectivity index (χ2n) is 7.07. The number of hydrogen-bond acceptors (Lipinski definition) is 2. The van der Waals surface area contributed by atoms with Crippen molar-refractivity contribution in [3.63, 3.8) is 0 Å². The number of piperidine rings is 1. The van der Waals surface area contributed by atoms with Crippen LogP contribution in [0.2, 0.25) is 0 Å². The van der Waals surface area contributed by atoms with Gasteiger partial charge in [0, 0.05) is 18.6 Å². The van der Waals surface area contributed by atoms with Gasteiger partial charge in [0.15, 0.2) is 0 Å². The van der Waals surface area contributed by atoms with E-state index in [0.29, 0.717) is 0 Å². The number of fused-ring (bicyclic) bond motifs is 1. The van der Waals surface area contributed by atoms with Gasteiger partial charge in [-0.1, -0.05) is 0 Å². The zero-order valence-corrected chi connectivity index (χ0v) is 11.0. The van der Waals surface area contributed by atoms with Crippen LogP contribution < -0.4 is 5.32 Å². The van der Waals surface area contributed by atoms with Gasteiger partial charge in [0.25, 0.3) is 0 Å². The van der Waals surface area contributed by atoms with E-state index in [4.69, 9.17) is 0 Å². The maximum atomic E-state index is 3.93. The minimum Gasteiger partial charge on any atom is -0.313 e. The fourth-order valence-electron chi connectivity index (χ4n) is 4.34. The Kier molecular flexibility index (Phi) is 2.52. The van der Waals surface area contributed by atoms with Crippen molar-refractivity contribution in [3.05, 3.63) is 0 Å². The Labute approximate surface area is 105 Å². The predicted octanol–water partition coefficient (Wildman–Crippen LogP) is 2.39. The van der Waals surface area contributed by atoms with Crippen LogP contribution >= 0.6 is 0 Å². The molecule has 0 aromatic rings. The van der Waals surface area contributed by atoms with Crippen molar-refractivity contribution in [1.29, 1.82) is 0 Å². The Balaban J connectivity index is 1.28. The molecule has 4 fully saturated rings. The molecule has 0 spiro atoms. The van der Waals surface area contributed by atoms with Crippen LogP contribution in [0.15, 0.2) is 0 Å². The van der Waals surface area contributed by atoms with E-state index in [-0.39, 0.29) is 0 Å². The molecule has 0 radical (unpaired) electrons. The molecule has 2 atom stereocenters. The lowest BCUT2D eigenvalue weighted by molar-refractivity contribution is 0.162. The van der Waals surface area contributed by atoms with Crippen molar-refractivity contribution in [2.45, 2.75) is 63.5 Å². The summed E-state index contributed by atoms with van der Waals surface area (Å²) in [5, 5.41) is 3.93. The first-order valence-corrected chi connectivity index (χ1v) is 7.83. The molecule has 2 aliphatic heterocycles. The third-order valence-corrected chi connectivity index (χ3v) is 5.90. The van der Waals surface area contributed by atoms with Gasteiger partial charge in [-0.15, -0.1) is 0 Å². The van der Waals surface area contributed by atoms with Gasteiger partial charge in [0.05, 0.1) is 0 Å². The zero-order valence-electron chi connectivity index (χ0n) is 11.0. The quantitative estimate of drug-likeness (QED) is 0.803. The molecule has 4 aliphatic rings. The number of rotatable bonds is 4. The minimum absolute atomic E-state index is 0.785. The van der Waals surface area contributed by atoms with E-state index in [1.54, 1.807) is 0 Å². The van der Waals surface area contributed by atoms with Crippen LogP contribution in [-0.2, 0) is 0 Å². The van der Waals surface area contributed by atoms with Crippen LogP contribution in [0.25, 0.3) is 0 Å². The highest BCUT2D eigenvalue weighted by Gasteiger charge is 2.53. The second kappa shape index (κ2) is 3.96. The van der Waals surface area contributed by atoms with E-state index in [0.717, 1.165) is 23.4 Å². The number of nitrogens with one attached hydrogen (secondary N) is 1. The van der Waals surface area contributed by atoms with E-state index in [9.17, 15) is 0 Å². The molecule has 0 bridgehead atoms. The van der Waals surface area contributed by atoms with E-state index < -0.39 is 0 Å². The Morgan fingerprint density at radius 3 is 2.71 bits per heavy atom. The third kappa shape index (κ3) is 2.04. The first-order chi connectivity index (χ1) is 8.36. The van der Waals surface area contributed by atoms with Gasteiger partial charge in [-0.25, -0.2) is 0 Å². The standard InChI is InChI=1S/C15H26N2/c1-2-14-10-13(5-9-17(14)8-1)16-11-15(6-7-15)12-3-4-12/h12-14,16H,1-11H2. The Morgan fingerprint density at radius 1 is 1.06 bits per heavy atom. The Hall–Kier alpha value is -0.0800. The molecule has 96 valence electrons. The lowest BCUT2D eigenvalue weighted by Crippen LogP contribution is -2.47. The van der Waals surface area contributed by atoms with Crippen molar-refractivity contribution in [1.82, 2.24) is 10.2 Å². The van der Waals surface area contributed by atoms with Gasteiger partial charge in [0.1, 0.15) is 0 Å². The molecule has 0 amide bonds. The smallest absolute Gasteiger partial charge is 0.0111 e. The molecule has 1 N–H and O–H groups in total. The van der Waals surface area contributed by atoms with Gasteiger partial charge in [-0.05, 0) is 75.8 Å². The van der Waals surface area contributed by atoms with Gasteiger partial charge in [-0.3, -0.25) is 0 Å². The highest BCUT2D eigenvalue weighted by Crippen LogP contribution is 2.60. The van der Waals surface area contributed by atoms with Crippen molar-refractivity contribution in [2.75, 3.05) is 19.6 Å². The molecule has 0 aromatic carbocycles. The molecule has 17 heavy (non-hydrogen) atoms. The van der Waals surface area contributed by atoms with E-state index in [2.05, 4.69) is 10.2 Å². The average Bonchev–Trinajstić information content (AvgIpc) is 3.23. The van der Waals surface area contributed by atoms with Crippen molar-refractivity contribution < 1.29 is 0 Å². The third-order valence-electron chi connectivity index (χ3n) is 5.90. The Bertz CT molecular complexity index is 293. The summed E-state index contributed by atoms with van der Waals surface area (Å²) < 4.78 is 0. The Morgan fingerprint density at radius 2 is 1.94 bits per heavy atom. The summed E-state index contributed by atoms with van der Waals surface area (Å²) in [6, 6.07) is 1.77. The molecule has 0 aromatic heterocycles. The monoisotopic (exact) mass is 234 g/mol. The van der Waals surface area contributed by atoms with Crippen molar-refractivity contribution in [2.24, 2.45) is 11.3 Å². The molecule has 2 aliphatic carbocycles. The summed E-state index contributed by atoms with van der Waals surface area (Å²) in [6.45, 7) is 4.08. The SMILES string of the molecule is C1CC2CC(NCC3(C4CC4)CC3)CCN2C1. The van der Waals surface area contributed by atoms with Crippen LogP contribution in [0.3, 0.4) is 0 Å². The summed E-state index contributed by atoms with van der Waals surface area (Å²) in [5.74, 6) is 1.11. The van der Waals surface area contributed by atoms with Gasteiger partial charge in [0.2, 0.25) is 0 Å². The van der Waals surface area contributed by atoms with Crippen LogP contribution in [0.1, 0.15) is 51.4 Å². The number of nitrogens with zero attached hydrogens (tertiary/aromatic N) is 1. The largest absolute Gasteiger partial charge is 0.313 e. The summed E-state index contributed by atoms with van der Waals surface area (Å²) in [6.07, 6.45) is 11.8. The number of hydrogen-bond donors (Lipinski definition) is 1.